The summed E-state index contributed by atoms with van der Waals surface area (Å²) in [6.07, 6.45) is 12.9. The first-order chi connectivity index (χ1) is 5.75. The van der Waals surface area contributed by atoms with E-state index in [9.17, 15) is 0 Å². The Hall–Kier alpha value is -0.780. The van der Waals surface area contributed by atoms with Gasteiger partial charge in [0.05, 0.1) is 0 Å². The van der Waals surface area contributed by atoms with Gasteiger partial charge < -0.3 is 0 Å². The second-order valence-corrected chi connectivity index (χ2v) is 4.19. The molecule has 1 saturated carbocycles. The lowest BCUT2D eigenvalue weighted by Crippen LogP contribution is -1.85. The highest BCUT2D eigenvalue weighted by Crippen LogP contribution is 2.44. The third kappa shape index (κ3) is 1.69. The maximum absolute atomic E-state index is 2.41. The molecule has 0 saturated heterocycles. The zero-order valence-electron chi connectivity index (χ0n) is 7.83. The minimum Gasteiger partial charge on any atom is -0.0814 e. The van der Waals surface area contributed by atoms with E-state index in [4.69, 9.17) is 0 Å². The maximum atomic E-state index is 2.41. The van der Waals surface area contributed by atoms with Crippen LogP contribution in [0, 0.1) is 17.8 Å². The Balaban J connectivity index is 2.00. The van der Waals surface area contributed by atoms with E-state index < -0.39 is 0 Å². The molecular weight excluding hydrogens is 144 g/mol. The monoisotopic (exact) mass is 160 g/mol. The van der Waals surface area contributed by atoms with Crippen LogP contribution in [0.2, 0.25) is 0 Å². The van der Waals surface area contributed by atoms with Crippen LogP contribution in [-0.2, 0) is 0 Å². The van der Waals surface area contributed by atoms with E-state index in [1.807, 2.05) is 0 Å². The molecule has 0 radical (unpaired) electrons. The van der Waals surface area contributed by atoms with E-state index in [-0.39, 0.29) is 0 Å². The van der Waals surface area contributed by atoms with Gasteiger partial charge in [-0.2, -0.15) is 0 Å². The van der Waals surface area contributed by atoms with Crippen molar-refractivity contribution in [2.75, 3.05) is 0 Å². The predicted molar refractivity (Wildman–Crippen MR) is 52.8 cm³/mol. The van der Waals surface area contributed by atoms with E-state index in [0.29, 0.717) is 5.92 Å². The molecule has 2 atom stereocenters. The Labute approximate surface area is 74.7 Å². The standard InChI is InChI=1S/C12H16/c1-9(2)3-4-10-5-6-11-8-12(11)7-10/h3-7,9,11-12H,8H2,1-2H3/b4-3+. The van der Waals surface area contributed by atoms with Crippen molar-refractivity contribution in [1.29, 1.82) is 0 Å². The van der Waals surface area contributed by atoms with Crippen molar-refractivity contribution in [3.63, 3.8) is 0 Å². The van der Waals surface area contributed by atoms with Gasteiger partial charge >= 0.3 is 0 Å². The second kappa shape index (κ2) is 2.93. The molecule has 64 valence electrons. The second-order valence-electron chi connectivity index (χ2n) is 4.19. The Kier molecular flexibility index (Phi) is 1.92. The van der Waals surface area contributed by atoms with Gasteiger partial charge in [0.15, 0.2) is 0 Å². The van der Waals surface area contributed by atoms with Gasteiger partial charge in [0.25, 0.3) is 0 Å². The van der Waals surface area contributed by atoms with E-state index in [1.165, 1.54) is 12.0 Å². The van der Waals surface area contributed by atoms with Gasteiger partial charge in [0.2, 0.25) is 0 Å². The van der Waals surface area contributed by atoms with Crippen molar-refractivity contribution < 1.29 is 0 Å². The van der Waals surface area contributed by atoms with E-state index in [1.54, 1.807) is 0 Å². The average molecular weight is 160 g/mol. The van der Waals surface area contributed by atoms with Crippen LogP contribution in [-0.4, -0.2) is 0 Å². The molecule has 0 bridgehead atoms. The summed E-state index contributed by atoms with van der Waals surface area (Å²) in [6, 6.07) is 0. The van der Waals surface area contributed by atoms with Crippen molar-refractivity contribution in [3.8, 4) is 0 Å². The summed E-state index contributed by atoms with van der Waals surface area (Å²) in [6.45, 7) is 4.42. The lowest BCUT2D eigenvalue weighted by molar-refractivity contribution is 0.830. The average Bonchev–Trinajstić information content (AvgIpc) is 2.78. The van der Waals surface area contributed by atoms with Crippen LogP contribution in [0.4, 0.5) is 0 Å². The summed E-state index contributed by atoms with van der Waals surface area (Å²) in [7, 11) is 0. The molecule has 2 unspecified atom stereocenters. The van der Waals surface area contributed by atoms with Crippen LogP contribution in [0.1, 0.15) is 20.3 Å². The van der Waals surface area contributed by atoms with Crippen LogP contribution in [0.5, 0.6) is 0 Å². The summed E-state index contributed by atoms with van der Waals surface area (Å²) in [5.74, 6) is 2.43. The van der Waals surface area contributed by atoms with E-state index in [2.05, 4.69) is 44.2 Å². The Morgan fingerprint density at radius 2 is 2.25 bits per heavy atom. The molecular formula is C12H16. The predicted octanol–water partition coefficient (Wildman–Crippen LogP) is 3.33. The van der Waals surface area contributed by atoms with Crippen molar-refractivity contribution in [2.24, 2.45) is 17.8 Å². The fourth-order valence-electron chi connectivity index (χ4n) is 1.60. The number of fused-ring (bicyclic) bond motifs is 1. The first kappa shape index (κ1) is 7.85. The number of rotatable bonds is 2. The molecule has 0 amide bonds. The Bertz CT molecular complexity index is 253. The fraction of sp³-hybridized carbons (Fsp3) is 0.500. The molecule has 0 N–H and O–H groups in total. The van der Waals surface area contributed by atoms with Gasteiger partial charge in [-0.1, -0.05) is 44.2 Å². The van der Waals surface area contributed by atoms with E-state index in [0.717, 1.165) is 11.8 Å². The molecule has 2 aliphatic rings. The molecule has 12 heavy (non-hydrogen) atoms. The molecule has 0 aromatic heterocycles. The molecule has 2 rings (SSSR count). The topological polar surface area (TPSA) is 0 Å². The molecule has 0 aliphatic heterocycles. The summed E-state index contributed by atoms with van der Waals surface area (Å²) in [4.78, 5) is 0. The normalized spacial score (nSPS) is 32.4. The van der Waals surface area contributed by atoms with Crippen molar-refractivity contribution >= 4 is 0 Å². The van der Waals surface area contributed by atoms with Crippen LogP contribution in [0.25, 0.3) is 0 Å². The third-order valence-electron chi connectivity index (χ3n) is 2.51. The van der Waals surface area contributed by atoms with Crippen molar-refractivity contribution in [2.45, 2.75) is 20.3 Å². The van der Waals surface area contributed by atoms with Gasteiger partial charge in [-0.3, -0.25) is 0 Å². The lowest BCUT2D eigenvalue weighted by atomic mass is 10.1. The van der Waals surface area contributed by atoms with Crippen LogP contribution < -0.4 is 0 Å². The first-order valence-corrected chi connectivity index (χ1v) is 4.84. The van der Waals surface area contributed by atoms with E-state index >= 15 is 0 Å². The minimum absolute atomic E-state index is 0.663. The largest absolute Gasteiger partial charge is 0.0814 e. The molecule has 0 heterocycles. The van der Waals surface area contributed by atoms with Crippen LogP contribution in [0.3, 0.4) is 0 Å². The van der Waals surface area contributed by atoms with Gasteiger partial charge in [0, 0.05) is 0 Å². The third-order valence-corrected chi connectivity index (χ3v) is 2.51. The van der Waals surface area contributed by atoms with Crippen LogP contribution >= 0.6 is 0 Å². The maximum Gasteiger partial charge on any atom is -0.0155 e. The highest BCUT2D eigenvalue weighted by Gasteiger charge is 2.34. The molecule has 1 fully saturated rings. The fourth-order valence-corrected chi connectivity index (χ4v) is 1.60. The molecule has 0 heteroatoms. The number of allylic oxidation sites excluding steroid dienone is 6. The smallest absolute Gasteiger partial charge is 0.0155 e. The Morgan fingerprint density at radius 1 is 1.42 bits per heavy atom. The van der Waals surface area contributed by atoms with Crippen molar-refractivity contribution in [3.05, 3.63) is 36.0 Å². The number of hydrogen-bond donors (Lipinski definition) is 0. The summed E-state index contributed by atoms with van der Waals surface area (Å²) >= 11 is 0. The molecule has 0 aromatic carbocycles. The highest BCUT2D eigenvalue weighted by atomic mass is 14.4. The quantitative estimate of drug-likeness (QED) is 0.581. The molecule has 2 aliphatic carbocycles. The SMILES string of the molecule is CC(C)/C=C/C1=CC2CC2C=C1. The first-order valence-electron chi connectivity index (χ1n) is 4.84. The van der Waals surface area contributed by atoms with Crippen LogP contribution in [0.15, 0.2) is 36.0 Å². The number of hydrogen-bond acceptors (Lipinski definition) is 0. The van der Waals surface area contributed by atoms with Gasteiger partial charge in [-0.15, -0.1) is 0 Å². The summed E-state index contributed by atoms with van der Waals surface area (Å²) in [5, 5.41) is 0. The zero-order chi connectivity index (χ0) is 8.55. The molecule has 0 spiro atoms. The molecule has 0 aromatic rings. The zero-order valence-corrected chi connectivity index (χ0v) is 7.83. The summed E-state index contributed by atoms with van der Waals surface area (Å²) < 4.78 is 0. The van der Waals surface area contributed by atoms with Gasteiger partial charge in [-0.25, -0.2) is 0 Å². The highest BCUT2D eigenvalue weighted by molar-refractivity contribution is 5.38. The van der Waals surface area contributed by atoms with Crippen molar-refractivity contribution in [1.82, 2.24) is 0 Å². The minimum atomic E-state index is 0.663. The molecule has 0 nitrogen and oxygen atoms in total. The lowest BCUT2D eigenvalue weighted by Gasteiger charge is -2.00. The van der Waals surface area contributed by atoms with Gasteiger partial charge in [0.1, 0.15) is 0 Å². The Morgan fingerprint density at radius 3 is 2.92 bits per heavy atom. The van der Waals surface area contributed by atoms with Gasteiger partial charge in [-0.05, 0) is 29.7 Å². The summed E-state index contributed by atoms with van der Waals surface area (Å²) in [5.41, 5.74) is 1.41.